The zero-order valence-electron chi connectivity index (χ0n) is 13.7. The maximum atomic E-state index is 10.3. The lowest BCUT2D eigenvalue weighted by Crippen LogP contribution is -2.27. The molecule has 6 nitrogen and oxygen atoms in total. The number of nitrogens with one attached hydrogen (secondary N) is 1. The number of nitrogens with zero attached hydrogens (tertiary/aromatic N) is 3. The summed E-state index contributed by atoms with van der Waals surface area (Å²) in [6.45, 7) is 5.46. The monoisotopic (exact) mass is 316 g/mol. The standard InChI is InChI=1S/C17H24N4O2/c1-3-15-5-4-12(9-19-15)8-18-10-14-6-13(7-16(14)22)17-20-11(2)21-23-17/h4-5,9,13-14,16,18,22H,3,6-8,10H2,1-2H3/t13-,14+,16+/m0/s1. The molecule has 0 radical (unpaired) electrons. The van der Waals surface area contributed by atoms with Crippen LogP contribution in [-0.4, -0.2) is 32.9 Å². The van der Waals surface area contributed by atoms with E-state index >= 15 is 0 Å². The van der Waals surface area contributed by atoms with Gasteiger partial charge in [0.25, 0.3) is 0 Å². The summed E-state index contributed by atoms with van der Waals surface area (Å²) in [6.07, 6.45) is 4.13. The molecule has 0 aliphatic heterocycles. The molecule has 0 aromatic carbocycles. The van der Waals surface area contributed by atoms with Crippen molar-refractivity contribution in [1.82, 2.24) is 20.4 Å². The molecular weight excluding hydrogens is 292 g/mol. The van der Waals surface area contributed by atoms with Gasteiger partial charge in [-0.05, 0) is 43.7 Å². The van der Waals surface area contributed by atoms with Crippen LogP contribution in [0.5, 0.6) is 0 Å². The lowest BCUT2D eigenvalue weighted by Gasteiger charge is -2.15. The number of aromatic nitrogens is 3. The number of pyridine rings is 1. The number of rotatable bonds is 6. The van der Waals surface area contributed by atoms with Gasteiger partial charge < -0.3 is 14.9 Å². The molecule has 23 heavy (non-hydrogen) atoms. The summed E-state index contributed by atoms with van der Waals surface area (Å²) in [5.74, 6) is 1.70. The van der Waals surface area contributed by atoms with Crippen molar-refractivity contribution < 1.29 is 9.63 Å². The fourth-order valence-electron chi connectivity index (χ4n) is 3.17. The van der Waals surface area contributed by atoms with E-state index in [0.29, 0.717) is 18.1 Å². The van der Waals surface area contributed by atoms with Crippen LogP contribution in [0, 0.1) is 12.8 Å². The van der Waals surface area contributed by atoms with E-state index in [0.717, 1.165) is 31.6 Å². The van der Waals surface area contributed by atoms with Gasteiger partial charge >= 0.3 is 0 Å². The molecule has 3 rings (SSSR count). The Hall–Kier alpha value is -1.79. The van der Waals surface area contributed by atoms with Crippen LogP contribution in [-0.2, 0) is 13.0 Å². The largest absolute Gasteiger partial charge is 0.393 e. The molecular formula is C17H24N4O2. The second-order valence-corrected chi connectivity index (χ2v) is 6.32. The van der Waals surface area contributed by atoms with E-state index in [1.54, 1.807) is 0 Å². The van der Waals surface area contributed by atoms with Crippen molar-refractivity contribution in [1.29, 1.82) is 0 Å². The Labute approximate surface area is 136 Å². The minimum absolute atomic E-state index is 0.170. The third-order valence-corrected chi connectivity index (χ3v) is 4.53. The SMILES string of the molecule is CCc1ccc(CNC[C@H]2C[C@H](c3nc(C)no3)C[C@H]2O)cn1. The van der Waals surface area contributed by atoms with E-state index in [1.165, 1.54) is 5.56 Å². The van der Waals surface area contributed by atoms with Crippen LogP contribution in [0.15, 0.2) is 22.9 Å². The Morgan fingerprint density at radius 2 is 2.22 bits per heavy atom. The van der Waals surface area contributed by atoms with Crippen LogP contribution in [0.2, 0.25) is 0 Å². The molecule has 0 bridgehead atoms. The fraction of sp³-hybridized carbons (Fsp3) is 0.588. The molecule has 2 aromatic heterocycles. The molecule has 2 heterocycles. The minimum Gasteiger partial charge on any atom is -0.393 e. The van der Waals surface area contributed by atoms with Gasteiger partial charge in [-0.25, -0.2) is 0 Å². The van der Waals surface area contributed by atoms with Crippen LogP contribution in [0.25, 0.3) is 0 Å². The second kappa shape index (κ2) is 7.19. The Kier molecular flexibility index (Phi) is 5.03. The van der Waals surface area contributed by atoms with Crippen molar-refractivity contribution >= 4 is 0 Å². The van der Waals surface area contributed by atoms with E-state index in [9.17, 15) is 5.11 Å². The van der Waals surface area contributed by atoms with Gasteiger partial charge in [-0.15, -0.1) is 0 Å². The Morgan fingerprint density at radius 1 is 1.35 bits per heavy atom. The van der Waals surface area contributed by atoms with E-state index in [1.807, 2.05) is 13.1 Å². The average molecular weight is 316 g/mol. The third kappa shape index (κ3) is 3.95. The molecule has 0 unspecified atom stereocenters. The fourth-order valence-corrected chi connectivity index (χ4v) is 3.17. The number of aliphatic hydroxyl groups is 1. The van der Waals surface area contributed by atoms with Gasteiger partial charge in [-0.1, -0.05) is 18.1 Å². The summed E-state index contributed by atoms with van der Waals surface area (Å²) >= 11 is 0. The molecule has 1 aliphatic rings. The maximum absolute atomic E-state index is 10.3. The smallest absolute Gasteiger partial charge is 0.229 e. The summed E-state index contributed by atoms with van der Waals surface area (Å²) in [5.41, 5.74) is 2.27. The summed E-state index contributed by atoms with van der Waals surface area (Å²) in [5, 5.41) is 17.5. The van der Waals surface area contributed by atoms with Crippen LogP contribution >= 0.6 is 0 Å². The van der Waals surface area contributed by atoms with Gasteiger partial charge in [-0.3, -0.25) is 4.98 Å². The van der Waals surface area contributed by atoms with Crippen molar-refractivity contribution in [3.63, 3.8) is 0 Å². The summed E-state index contributed by atoms with van der Waals surface area (Å²) in [7, 11) is 0. The number of aryl methyl sites for hydroxylation is 2. The summed E-state index contributed by atoms with van der Waals surface area (Å²) in [6, 6.07) is 4.17. The summed E-state index contributed by atoms with van der Waals surface area (Å²) in [4.78, 5) is 8.69. The Morgan fingerprint density at radius 3 is 2.87 bits per heavy atom. The molecule has 1 aliphatic carbocycles. The topological polar surface area (TPSA) is 84.1 Å². The molecule has 0 saturated heterocycles. The lowest BCUT2D eigenvalue weighted by molar-refractivity contribution is 0.130. The van der Waals surface area contributed by atoms with E-state index < -0.39 is 0 Å². The Balaban J connectivity index is 1.48. The predicted octanol–water partition coefficient (Wildman–Crippen LogP) is 1.98. The van der Waals surface area contributed by atoms with E-state index in [4.69, 9.17) is 4.52 Å². The van der Waals surface area contributed by atoms with Crippen LogP contribution in [0.4, 0.5) is 0 Å². The molecule has 0 spiro atoms. The van der Waals surface area contributed by atoms with Gasteiger partial charge in [0.15, 0.2) is 5.82 Å². The number of hydrogen-bond acceptors (Lipinski definition) is 6. The molecule has 3 atom stereocenters. The van der Waals surface area contributed by atoms with Crippen LogP contribution in [0.1, 0.15) is 48.7 Å². The number of aliphatic hydroxyl groups excluding tert-OH is 1. The summed E-state index contributed by atoms with van der Waals surface area (Å²) < 4.78 is 5.24. The third-order valence-electron chi connectivity index (χ3n) is 4.53. The highest BCUT2D eigenvalue weighted by Crippen LogP contribution is 2.37. The van der Waals surface area contributed by atoms with E-state index in [-0.39, 0.29) is 17.9 Å². The molecule has 6 heteroatoms. The van der Waals surface area contributed by atoms with Crippen molar-refractivity contribution in [3.8, 4) is 0 Å². The minimum atomic E-state index is -0.319. The van der Waals surface area contributed by atoms with Crippen molar-refractivity contribution in [2.45, 2.75) is 51.7 Å². The lowest BCUT2D eigenvalue weighted by atomic mass is 10.0. The number of hydrogen-bond donors (Lipinski definition) is 2. The second-order valence-electron chi connectivity index (χ2n) is 6.32. The van der Waals surface area contributed by atoms with Gasteiger partial charge in [0.1, 0.15) is 0 Å². The molecule has 2 N–H and O–H groups in total. The Bertz CT molecular complexity index is 626. The quantitative estimate of drug-likeness (QED) is 0.848. The first-order valence-electron chi connectivity index (χ1n) is 8.28. The average Bonchev–Trinajstić information content (AvgIpc) is 3.14. The first kappa shape index (κ1) is 16.1. The van der Waals surface area contributed by atoms with Gasteiger partial charge in [0.05, 0.1) is 6.10 Å². The first-order valence-corrected chi connectivity index (χ1v) is 8.28. The van der Waals surface area contributed by atoms with Crippen molar-refractivity contribution in [2.75, 3.05) is 6.54 Å². The highest BCUT2D eigenvalue weighted by atomic mass is 16.5. The van der Waals surface area contributed by atoms with Gasteiger partial charge in [-0.2, -0.15) is 4.98 Å². The van der Waals surface area contributed by atoms with Crippen molar-refractivity contribution in [3.05, 3.63) is 41.3 Å². The zero-order valence-corrected chi connectivity index (χ0v) is 13.7. The predicted molar refractivity (Wildman–Crippen MR) is 85.8 cm³/mol. The zero-order chi connectivity index (χ0) is 16.2. The highest BCUT2D eigenvalue weighted by molar-refractivity contribution is 5.13. The van der Waals surface area contributed by atoms with Crippen LogP contribution in [0.3, 0.4) is 0 Å². The first-order chi connectivity index (χ1) is 11.2. The molecule has 1 fully saturated rings. The van der Waals surface area contributed by atoms with Gasteiger partial charge in [0.2, 0.25) is 5.89 Å². The normalized spacial score (nSPS) is 24.2. The van der Waals surface area contributed by atoms with Crippen molar-refractivity contribution in [2.24, 2.45) is 5.92 Å². The van der Waals surface area contributed by atoms with Gasteiger partial charge in [0, 0.05) is 30.9 Å². The molecule has 2 aromatic rings. The van der Waals surface area contributed by atoms with Crippen LogP contribution < -0.4 is 5.32 Å². The maximum Gasteiger partial charge on any atom is 0.229 e. The highest BCUT2D eigenvalue weighted by Gasteiger charge is 2.36. The van der Waals surface area contributed by atoms with E-state index in [2.05, 4.69) is 39.5 Å². The molecule has 124 valence electrons. The molecule has 1 saturated carbocycles. The molecule has 0 amide bonds.